The fourth-order valence-corrected chi connectivity index (χ4v) is 6.74. The molecule has 4 rings (SSSR count). The van der Waals surface area contributed by atoms with Gasteiger partial charge in [0, 0.05) is 16.7 Å². The standard InChI is InChI=1S/C33H43N3O6S/c1-10-40-32-28(19(3)4)31(29(20(5)6)33(41-11-2)30(32)21(7)8)36(42-22(9)37)43(38,39)23-16-17-26-27(18-23)35-25-15-13-12-14-24(25)34-26/h12-22,37H,10-11H2,1-9H3. The Morgan fingerprint density at radius 1 is 0.721 bits per heavy atom. The quantitative estimate of drug-likeness (QED) is 0.100. The third-order valence-corrected chi connectivity index (χ3v) is 8.61. The van der Waals surface area contributed by atoms with Gasteiger partial charge in [0.05, 0.1) is 45.9 Å². The lowest BCUT2D eigenvalue weighted by atomic mass is 9.85. The van der Waals surface area contributed by atoms with Gasteiger partial charge in [0.25, 0.3) is 10.0 Å². The highest BCUT2D eigenvalue weighted by Crippen LogP contribution is 2.53. The Bertz CT molecular complexity index is 1680. The number of hydrogen-bond donors (Lipinski definition) is 1. The second-order valence-electron chi connectivity index (χ2n) is 11.4. The highest BCUT2D eigenvalue weighted by molar-refractivity contribution is 7.92. The summed E-state index contributed by atoms with van der Waals surface area (Å²) in [6, 6.07) is 12.0. The van der Waals surface area contributed by atoms with E-state index in [4.69, 9.17) is 14.3 Å². The fraction of sp³-hybridized carbons (Fsp3) is 0.455. The molecule has 0 bridgehead atoms. The lowest BCUT2D eigenvalue weighted by molar-refractivity contribution is -0.0795. The van der Waals surface area contributed by atoms with Crippen molar-refractivity contribution in [1.29, 1.82) is 0 Å². The van der Waals surface area contributed by atoms with E-state index < -0.39 is 16.3 Å². The number of aromatic nitrogens is 2. The molecular weight excluding hydrogens is 566 g/mol. The van der Waals surface area contributed by atoms with E-state index in [1.54, 1.807) is 6.07 Å². The van der Waals surface area contributed by atoms with Crippen LogP contribution in [-0.4, -0.2) is 43.0 Å². The smallest absolute Gasteiger partial charge is 0.286 e. The van der Waals surface area contributed by atoms with Crippen LogP contribution in [0.15, 0.2) is 47.4 Å². The van der Waals surface area contributed by atoms with Crippen LogP contribution in [0.4, 0.5) is 5.69 Å². The first kappa shape index (κ1) is 32.4. The van der Waals surface area contributed by atoms with E-state index in [-0.39, 0.29) is 28.3 Å². The van der Waals surface area contributed by atoms with Crippen LogP contribution in [0, 0.1) is 0 Å². The Hall–Kier alpha value is -3.47. The van der Waals surface area contributed by atoms with Crippen LogP contribution in [0.25, 0.3) is 22.1 Å². The molecular formula is C33H43N3O6S. The molecule has 0 fully saturated rings. The number of para-hydroxylation sites is 2. The summed E-state index contributed by atoms with van der Waals surface area (Å²) in [6.45, 7) is 18.0. The van der Waals surface area contributed by atoms with Gasteiger partial charge in [-0.05, 0) is 68.9 Å². The minimum atomic E-state index is -4.43. The van der Waals surface area contributed by atoms with Crippen molar-refractivity contribution in [3.05, 3.63) is 59.2 Å². The van der Waals surface area contributed by atoms with Crippen molar-refractivity contribution in [2.45, 2.75) is 91.3 Å². The molecule has 3 aromatic carbocycles. The Morgan fingerprint density at radius 3 is 1.63 bits per heavy atom. The van der Waals surface area contributed by atoms with Crippen LogP contribution in [0.2, 0.25) is 0 Å². The zero-order valence-electron chi connectivity index (χ0n) is 26.5. The second-order valence-corrected chi connectivity index (χ2v) is 13.1. The number of sulfonamides is 1. The summed E-state index contributed by atoms with van der Waals surface area (Å²) in [5.41, 5.74) is 4.83. The van der Waals surface area contributed by atoms with Gasteiger partial charge in [0.2, 0.25) is 0 Å². The molecule has 0 radical (unpaired) electrons. The number of ether oxygens (including phenoxy) is 2. The molecule has 0 aliphatic heterocycles. The summed E-state index contributed by atoms with van der Waals surface area (Å²) in [7, 11) is -4.43. The monoisotopic (exact) mass is 609 g/mol. The number of aliphatic hydroxyl groups is 1. The summed E-state index contributed by atoms with van der Waals surface area (Å²) in [6.07, 6.45) is -1.45. The molecule has 232 valence electrons. The molecule has 1 atom stereocenters. The Balaban J connectivity index is 2.11. The molecule has 9 nitrogen and oxygen atoms in total. The first-order valence-electron chi connectivity index (χ1n) is 14.9. The van der Waals surface area contributed by atoms with Gasteiger partial charge in [-0.2, -0.15) is 8.42 Å². The first-order valence-corrected chi connectivity index (χ1v) is 16.3. The van der Waals surface area contributed by atoms with E-state index >= 15 is 0 Å². The molecule has 1 unspecified atom stereocenters. The number of anilines is 1. The minimum Gasteiger partial charge on any atom is -0.493 e. The molecule has 0 saturated carbocycles. The van der Waals surface area contributed by atoms with Crippen molar-refractivity contribution < 1.29 is 27.8 Å². The van der Waals surface area contributed by atoms with Gasteiger partial charge in [-0.1, -0.05) is 53.7 Å². The predicted octanol–water partition coefficient (Wildman–Crippen LogP) is 7.42. The van der Waals surface area contributed by atoms with E-state index in [1.165, 1.54) is 19.1 Å². The molecule has 0 aliphatic rings. The van der Waals surface area contributed by atoms with E-state index in [0.29, 0.717) is 57.9 Å². The number of nitrogens with zero attached hydrogens (tertiary/aromatic N) is 3. The van der Waals surface area contributed by atoms with Gasteiger partial charge in [0.1, 0.15) is 11.5 Å². The number of hydrogen-bond acceptors (Lipinski definition) is 8. The van der Waals surface area contributed by atoms with Gasteiger partial charge in [-0.25, -0.2) is 14.8 Å². The lowest BCUT2D eigenvalue weighted by Gasteiger charge is -2.35. The molecule has 4 aromatic rings. The molecule has 0 amide bonds. The maximum absolute atomic E-state index is 14.6. The molecule has 0 saturated heterocycles. The molecule has 1 heterocycles. The van der Waals surface area contributed by atoms with Crippen molar-refractivity contribution in [3.63, 3.8) is 0 Å². The third kappa shape index (κ3) is 6.27. The zero-order valence-corrected chi connectivity index (χ0v) is 27.3. The lowest BCUT2D eigenvalue weighted by Crippen LogP contribution is -2.36. The number of rotatable bonds is 12. The number of fused-ring (bicyclic) bond motifs is 2. The van der Waals surface area contributed by atoms with Gasteiger partial charge in [-0.3, -0.25) is 0 Å². The van der Waals surface area contributed by atoms with E-state index in [2.05, 4.69) is 23.8 Å². The van der Waals surface area contributed by atoms with Crippen molar-refractivity contribution in [2.24, 2.45) is 0 Å². The van der Waals surface area contributed by atoms with Crippen LogP contribution in [0.1, 0.15) is 96.8 Å². The van der Waals surface area contributed by atoms with Crippen LogP contribution in [0.5, 0.6) is 11.5 Å². The van der Waals surface area contributed by atoms with Crippen LogP contribution in [-0.2, 0) is 14.9 Å². The molecule has 1 aromatic heterocycles. The zero-order chi connectivity index (χ0) is 31.6. The van der Waals surface area contributed by atoms with Gasteiger partial charge < -0.3 is 14.6 Å². The van der Waals surface area contributed by atoms with Crippen molar-refractivity contribution >= 4 is 37.8 Å². The van der Waals surface area contributed by atoms with E-state index in [1.807, 2.05) is 65.8 Å². The van der Waals surface area contributed by atoms with E-state index in [9.17, 15) is 13.5 Å². The normalized spacial score (nSPS) is 13.0. The van der Waals surface area contributed by atoms with Crippen molar-refractivity contribution in [3.8, 4) is 11.5 Å². The highest BCUT2D eigenvalue weighted by atomic mass is 32.2. The second kappa shape index (κ2) is 13.0. The maximum atomic E-state index is 14.6. The molecule has 0 aliphatic carbocycles. The van der Waals surface area contributed by atoms with Crippen LogP contribution >= 0.6 is 0 Å². The van der Waals surface area contributed by atoms with Crippen molar-refractivity contribution in [2.75, 3.05) is 17.7 Å². The Labute approximate surface area is 254 Å². The van der Waals surface area contributed by atoms with Gasteiger partial charge in [-0.15, -0.1) is 4.47 Å². The molecule has 10 heteroatoms. The van der Waals surface area contributed by atoms with Gasteiger partial charge in [0.15, 0.2) is 6.29 Å². The average molecular weight is 610 g/mol. The Morgan fingerprint density at radius 2 is 1.19 bits per heavy atom. The van der Waals surface area contributed by atoms with Crippen LogP contribution < -0.4 is 13.9 Å². The molecule has 1 N–H and O–H groups in total. The number of aliphatic hydroxyl groups excluding tert-OH is 1. The Kier molecular flexibility index (Phi) is 9.83. The molecule has 0 spiro atoms. The summed E-state index contributed by atoms with van der Waals surface area (Å²) < 4.78 is 42.7. The number of benzene rings is 3. The summed E-state index contributed by atoms with van der Waals surface area (Å²) >= 11 is 0. The topological polar surface area (TPSA) is 111 Å². The third-order valence-electron chi connectivity index (χ3n) is 7.06. The predicted molar refractivity (Wildman–Crippen MR) is 171 cm³/mol. The van der Waals surface area contributed by atoms with Crippen molar-refractivity contribution in [1.82, 2.24) is 9.97 Å². The summed E-state index contributed by atoms with van der Waals surface area (Å²) in [4.78, 5) is 15.1. The maximum Gasteiger partial charge on any atom is 0.286 e. The molecule has 43 heavy (non-hydrogen) atoms. The fourth-order valence-electron chi connectivity index (χ4n) is 5.37. The highest BCUT2D eigenvalue weighted by Gasteiger charge is 2.39. The SMILES string of the molecule is CCOc1c(C(C)C)c(OCC)c(C(C)C)c(N(OC(C)O)S(=O)(=O)c2ccc3nc4ccccc4nc3c2)c1C(C)C. The minimum absolute atomic E-state index is 0.0174. The van der Waals surface area contributed by atoms with Gasteiger partial charge >= 0.3 is 0 Å². The first-order chi connectivity index (χ1) is 20.3. The summed E-state index contributed by atoms with van der Waals surface area (Å²) in [5, 5.41) is 10.5. The average Bonchev–Trinajstić information content (AvgIpc) is 2.93. The van der Waals surface area contributed by atoms with Crippen LogP contribution in [0.3, 0.4) is 0 Å². The van der Waals surface area contributed by atoms with E-state index in [0.717, 1.165) is 10.0 Å². The summed E-state index contributed by atoms with van der Waals surface area (Å²) in [5.74, 6) is 0.808. The largest absolute Gasteiger partial charge is 0.493 e.